The first-order valence-corrected chi connectivity index (χ1v) is 7.88. The predicted molar refractivity (Wildman–Crippen MR) is 94.2 cm³/mol. The van der Waals surface area contributed by atoms with Crippen LogP contribution in [0.15, 0.2) is 47.7 Å². The molecule has 6 heteroatoms. The molecule has 0 radical (unpaired) electrons. The van der Waals surface area contributed by atoms with Crippen LogP contribution in [-0.2, 0) is 13.6 Å². The highest BCUT2D eigenvalue weighted by molar-refractivity contribution is 6.12. The van der Waals surface area contributed by atoms with Gasteiger partial charge >= 0.3 is 0 Å². The van der Waals surface area contributed by atoms with Gasteiger partial charge in [-0.15, -0.1) is 0 Å². The van der Waals surface area contributed by atoms with Gasteiger partial charge in [0, 0.05) is 36.8 Å². The standard InChI is InChI=1S/C18H20N4O2/c1-12(2)9-22-11-16(14-6-4-5-7-15(14)18(22)24)17(23)20-13-8-19-21(3)10-13/h4-8,10-12H,9H2,1-3H3,(H,20,23). The van der Waals surface area contributed by atoms with Crippen molar-refractivity contribution in [2.45, 2.75) is 20.4 Å². The van der Waals surface area contributed by atoms with Crippen LogP contribution in [0, 0.1) is 5.92 Å². The summed E-state index contributed by atoms with van der Waals surface area (Å²) in [5.74, 6) is 0.0507. The average molecular weight is 324 g/mol. The molecule has 3 aromatic rings. The fourth-order valence-electron chi connectivity index (χ4n) is 2.74. The number of rotatable bonds is 4. The first-order valence-electron chi connectivity index (χ1n) is 7.88. The minimum absolute atomic E-state index is 0.0720. The van der Waals surface area contributed by atoms with Gasteiger partial charge in [-0.05, 0) is 12.0 Å². The number of amides is 1. The minimum atomic E-state index is -0.253. The normalized spacial score (nSPS) is 11.2. The van der Waals surface area contributed by atoms with Crippen molar-refractivity contribution in [1.29, 1.82) is 0 Å². The Labute approximate surface area is 139 Å². The van der Waals surface area contributed by atoms with Gasteiger partial charge in [0.1, 0.15) is 0 Å². The summed E-state index contributed by atoms with van der Waals surface area (Å²) in [5, 5.41) is 8.09. The Balaban J connectivity index is 2.10. The van der Waals surface area contributed by atoms with Crippen LogP contribution in [0.25, 0.3) is 10.8 Å². The van der Waals surface area contributed by atoms with E-state index in [1.54, 1.807) is 47.0 Å². The van der Waals surface area contributed by atoms with Crippen molar-refractivity contribution in [2.75, 3.05) is 5.32 Å². The van der Waals surface area contributed by atoms with Crippen LogP contribution in [-0.4, -0.2) is 20.3 Å². The zero-order valence-corrected chi connectivity index (χ0v) is 14.0. The van der Waals surface area contributed by atoms with Crippen molar-refractivity contribution < 1.29 is 4.79 Å². The van der Waals surface area contributed by atoms with Crippen LogP contribution in [0.1, 0.15) is 24.2 Å². The smallest absolute Gasteiger partial charge is 0.258 e. The van der Waals surface area contributed by atoms with E-state index >= 15 is 0 Å². The predicted octanol–water partition coefficient (Wildman–Crippen LogP) is 2.64. The number of aromatic nitrogens is 3. The van der Waals surface area contributed by atoms with Gasteiger partial charge in [0.15, 0.2) is 0 Å². The molecule has 24 heavy (non-hydrogen) atoms. The van der Waals surface area contributed by atoms with Crippen molar-refractivity contribution in [3.8, 4) is 0 Å². The van der Waals surface area contributed by atoms with Crippen molar-refractivity contribution in [1.82, 2.24) is 14.3 Å². The topological polar surface area (TPSA) is 68.9 Å². The summed E-state index contributed by atoms with van der Waals surface area (Å²) in [6, 6.07) is 7.20. The Bertz CT molecular complexity index is 953. The van der Waals surface area contributed by atoms with E-state index in [1.165, 1.54) is 0 Å². The molecule has 0 bridgehead atoms. The second kappa shape index (κ2) is 6.31. The Kier molecular flexibility index (Phi) is 4.20. The van der Waals surface area contributed by atoms with Gasteiger partial charge in [0.05, 0.1) is 17.4 Å². The van der Waals surface area contributed by atoms with Gasteiger partial charge in [-0.1, -0.05) is 32.0 Å². The maximum Gasteiger partial charge on any atom is 0.258 e. The van der Waals surface area contributed by atoms with Crippen LogP contribution in [0.2, 0.25) is 0 Å². The molecule has 2 aromatic heterocycles. The lowest BCUT2D eigenvalue weighted by Gasteiger charge is -2.13. The number of nitrogens with one attached hydrogen (secondary N) is 1. The first-order chi connectivity index (χ1) is 11.5. The highest BCUT2D eigenvalue weighted by Gasteiger charge is 2.15. The number of aryl methyl sites for hydroxylation is 1. The SMILES string of the molecule is CC(C)Cn1cc(C(=O)Nc2cnn(C)c2)c2ccccc2c1=O. The van der Waals surface area contributed by atoms with Crippen LogP contribution in [0.3, 0.4) is 0 Å². The van der Waals surface area contributed by atoms with Gasteiger partial charge in [0.25, 0.3) is 11.5 Å². The van der Waals surface area contributed by atoms with Gasteiger partial charge in [-0.25, -0.2) is 0 Å². The number of nitrogens with zero attached hydrogens (tertiary/aromatic N) is 3. The molecule has 0 atom stereocenters. The molecule has 1 aromatic carbocycles. The third-order valence-corrected chi connectivity index (χ3v) is 3.76. The number of hydrogen-bond acceptors (Lipinski definition) is 3. The number of hydrogen-bond donors (Lipinski definition) is 1. The van der Waals surface area contributed by atoms with E-state index in [-0.39, 0.29) is 11.5 Å². The van der Waals surface area contributed by atoms with E-state index in [9.17, 15) is 9.59 Å². The number of pyridine rings is 1. The zero-order valence-electron chi connectivity index (χ0n) is 14.0. The number of fused-ring (bicyclic) bond motifs is 1. The summed E-state index contributed by atoms with van der Waals surface area (Å²) in [6.45, 7) is 4.64. The summed E-state index contributed by atoms with van der Waals surface area (Å²) < 4.78 is 3.23. The number of benzene rings is 1. The van der Waals surface area contributed by atoms with Gasteiger partial charge in [-0.2, -0.15) is 5.10 Å². The summed E-state index contributed by atoms with van der Waals surface area (Å²) in [6.07, 6.45) is 4.96. The molecule has 0 aliphatic rings. The van der Waals surface area contributed by atoms with Crippen LogP contribution >= 0.6 is 0 Å². The number of carbonyl (C=O) groups excluding carboxylic acids is 1. The maximum absolute atomic E-state index is 12.7. The molecule has 0 aliphatic heterocycles. The lowest BCUT2D eigenvalue weighted by Crippen LogP contribution is -2.25. The quantitative estimate of drug-likeness (QED) is 0.802. The fourth-order valence-corrected chi connectivity index (χ4v) is 2.74. The highest BCUT2D eigenvalue weighted by Crippen LogP contribution is 2.18. The molecule has 3 rings (SSSR count). The molecule has 1 amide bonds. The molecule has 0 unspecified atom stereocenters. The van der Waals surface area contributed by atoms with Crippen molar-refractivity contribution in [3.63, 3.8) is 0 Å². The lowest BCUT2D eigenvalue weighted by molar-refractivity contribution is 0.102. The van der Waals surface area contributed by atoms with Gasteiger partial charge < -0.3 is 9.88 Å². The van der Waals surface area contributed by atoms with Gasteiger partial charge in [0.2, 0.25) is 0 Å². The van der Waals surface area contributed by atoms with E-state index in [2.05, 4.69) is 10.4 Å². The second-order valence-corrected chi connectivity index (χ2v) is 6.30. The van der Waals surface area contributed by atoms with Crippen molar-refractivity contribution in [2.24, 2.45) is 13.0 Å². The highest BCUT2D eigenvalue weighted by atomic mass is 16.2. The Morgan fingerprint density at radius 2 is 1.92 bits per heavy atom. The fraction of sp³-hybridized carbons (Fsp3) is 0.278. The Morgan fingerprint density at radius 1 is 1.21 bits per heavy atom. The number of carbonyl (C=O) groups is 1. The summed E-state index contributed by atoms with van der Waals surface area (Å²) in [4.78, 5) is 25.3. The molecule has 0 saturated heterocycles. The minimum Gasteiger partial charge on any atom is -0.319 e. The van der Waals surface area contributed by atoms with E-state index < -0.39 is 0 Å². The monoisotopic (exact) mass is 324 g/mol. The largest absolute Gasteiger partial charge is 0.319 e. The summed E-state index contributed by atoms with van der Waals surface area (Å²) in [5.41, 5.74) is 1.03. The molecule has 1 N–H and O–H groups in total. The molecule has 0 spiro atoms. The number of anilines is 1. The van der Waals surface area contributed by atoms with E-state index in [4.69, 9.17) is 0 Å². The molecule has 0 aliphatic carbocycles. The van der Waals surface area contributed by atoms with Crippen LogP contribution < -0.4 is 10.9 Å². The third-order valence-electron chi connectivity index (χ3n) is 3.76. The molecule has 0 fully saturated rings. The van der Waals surface area contributed by atoms with E-state index in [0.717, 1.165) is 0 Å². The van der Waals surface area contributed by atoms with Crippen molar-refractivity contribution in [3.05, 3.63) is 58.8 Å². The first kappa shape index (κ1) is 16.0. The Morgan fingerprint density at radius 3 is 2.54 bits per heavy atom. The molecule has 124 valence electrons. The second-order valence-electron chi connectivity index (χ2n) is 6.30. The van der Waals surface area contributed by atoms with E-state index in [1.807, 2.05) is 26.0 Å². The molecular weight excluding hydrogens is 304 g/mol. The van der Waals surface area contributed by atoms with Gasteiger partial charge in [-0.3, -0.25) is 14.3 Å². The molecule has 2 heterocycles. The Hall–Kier alpha value is -2.89. The maximum atomic E-state index is 12.7. The third kappa shape index (κ3) is 3.08. The molecular formula is C18H20N4O2. The summed E-state index contributed by atoms with van der Waals surface area (Å²) in [7, 11) is 1.79. The van der Waals surface area contributed by atoms with Crippen molar-refractivity contribution >= 4 is 22.4 Å². The van der Waals surface area contributed by atoms with E-state index in [0.29, 0.717) is 34.5 Å². The average Bonchev–Trinajstić information content (AvgIpc) is 2.94. The lowest BCUT2D eigenvalue weighted by atomic mass is 10.1. The summed E-state index contributed by atoms with van der Waals surface area (Å²) >= 11 is 0. The zero-order chi connectivity index (χ0) is 17.3. The van der Waals surface area contributed by atoms with Crippen LogP contribution in [0.5, 0.6) is 0 Å². The molecule has 0 saturated carbocycles. The van der Waals surface area contributed by atoms with Crippen LogP contribution in [0.4, 0.5) is 5.69 Å². The molecule has 6 nitrogen and oxygen atoms in total.